The number of esters is 2. The van der Waals surface area contributed by atoms with E-state index in [2.05, 4.69) is 0 Å². The Bertz CT molecular complexity index is 851. The van der Waals surface area contributed by atoms with Crippen LogP contribution < -0.4 is 4.74 Å². The molecule has 0 radical (unpaired) electrons. The van der Waals surface area contributed by atoms with E-state index in [9.17, 15) is 9.59 Å². The van der Waals surface area contributed by atoms with E-state index >= 15 is 0 Å². The molecule has 2 aromatic carbocycles. The highest BCUT2D eigenvalue weighted by molar-refractivity contribution is 5.91. The third-order valence-corrected chi connectivity index (χ3v) is 5.05. The Morgan fingerprint density at radius 3 is 2.24 bits per heavy atom. The Morgan fingerprint density at radius 1 is 1.00 bits per heavy atom. The summed E-state index contributed by atoms with van der Waals surface area (Å²) in [6.45, 7) is 5.96. The summed E-state index contributed by atoms with van der Waals surface area (Å²) in [6, 6.07) is 17.6. The first-order valence-electron chi connectivity index (χ1n) is 9.80. The highest BCUT2D eigenvalue weighted by atomic mass is 16.6. The second-order valence-corrected chi connectivity index (χ2v) is 8.53. The lowest BCUT2D eigenvalue weighted by Crippen LogP contribution is -2.30. The Labute approximate surface area is 172 Å². The SMILES string of the molecule is COC(=O)[C@@]1(Cc2ccc(OCc3ccccc3)cc2)CC1C(=O)OC(C)(C)C. The Hall–Kier alpha value is -2.82. The van der Waals surface area contributed by atoms with Crippen molar-refractivity contribution in [3.8, 4) is 5.75 Å². The molecule has 1 fully saturated rings. The maximum Gasteiger partial charge on any atom is 0.313 e. The lowest BCUT2D eigenvalue weighted by Gasteiger charge is -2.21. The Balaban J connectivity index is 1.65. The van der Waals surface area contributed by atoms with E-state index in [1.54, 1.807) is 0 Å². The summed E-state index contributed by atoms with van der Waals surface area (Å²) in [5, 5.41) is 0. The van der Waals surface area contributed by atoms with Gasteiger partial charge < -0.3 is 14.2 Å². The van der Waals surface area contributed by atoms with Gasteiger partial charge in [-0.15, -0.1) is 0 Å². The van der Waals surface area contributed by atoms with Gasteiger partial charge in [-0.05, 0) is 56.9 Å². The standard InChI is InChI=1S/C24H28O5/c1-23(2,3)29-21(25)20-15-24(20,22(26)27-4)14-17-10-12-19(13-11-17)28-16-18-8-6-5-7-9-18/h5-13,20H,14-16H2,1-4H3/t20?,24-/m0/s1. The second-order valence-electron chi connectivity index (χ2n) is 8.53. The van der Waals surface area contributed by atoms with Gasteiger partial charge in [0.05, 0.1) is 18.4 Å². The van der Waals surface area contributed by atoms with E-state index in [4.69, 9.17) is 14.2 Å². The van der Waals surface area contributed by atoms with Crippen molar-refractivity contribution in [3.63, 3.8) is 0 Å². The minimum Gasteiger partial charge on any atom is -0.489 e. The van der Waals surface area contributed by atoms with Crippen LogP contribution in [0.3, 0.4) is 0 Å². The van der Waals surface area contributed by atoms with Crippen LogP contribution in [0.4, 0.5) is 0 Å². The zero-order valence-corrected chi connectivity index (χ0v) is 17.4. The van der Waals surface area contributed by atoms with Crippen molar-refractivity contribution in [1.29, 1.82) is 0 Å². The fourth-order valence-corrected chi connectivity index (χ4v) is 3.49. The lowest BCUT2D eigenvalue weighted by molar-refractivity contribution is -0.161. The summed E-state index contributed by atoms with van der Waals surface area (Å²) in [5.41, 5.74) is 0.621. The van der Waals surface area contributed by atoms with Crippen LogP contribution in [-0.4, -0.2) is 24.6 Å². The van der Waals surface area contributed by atoms with Gasteiger partial charge in [-0.25, -0.2) is 0 Å². The van der Waals surface area contributed by atoms with Gasteiger partial charge in [0.1, 0.15) is 18.0 Å². The summed E-state index contributed by atoms with van der Waals surface area (Å²) in [4.78, 5) is 24.9. The molecule has 1 aliphatic rings. The van der Waals surface area contributed by atoms with Crippen LogP contribution in [0, 0.1) is 11.3 Å². The van der Waals surface area contributed by atoms with Gasteiger partial charge in [0.25, 0.3) is 0 Å². The van der Waals surface area contributed by atoms with E-state index in [1.165, 1.54) is 7.11 Å². The van der Waals surface area contributed by atoms with Crippen molar-refractivity contribution in [2.75, 3.05) is 7.11 Å². The summed E-state index contributed by atoms with van der Waals surface area (Å²) < 4.78 is 16.3. The maximum atomic E-state index is 12.5. The molecule has 0 saturated heterocycles. The van der Waals surface area contributed by atoms with Crippen molar-refractivity contribution in [3.05, 3.63) is 65.7 Å². The molecular weight excluding hydrogens is 368 g/mol. The molecule has 154 valence electrons. The molecule has 1 saturated carbocycles. The van der Waals surface area contributed by atoms with E-state index in [-0.39, 0.29) is 11.9 Å². The molecule has 5 heteroatoms. The van der Waals surface area contributed by atoms with Gasteiger partial charge in [0.2, 0.25) is 0 Å². The van der Waals surface area contributed by atoms with Crippen LogP contribution in [0.15, 0.2) is 54.6 Å². The summed E-state index contributed by atoms with van der Waals surface area (Å²) >= 11 is 0. The number of rotatable bonds is 7. The second kappa shape index (κ2) is 8.27. The summed E-state index contributed by atoms with van der Waals surface area (Å²) in [6.07, 6.45) is 0.878. The number of methoxy groups -OCH3 is 1. The van der Waals surface area contributed by atoms with E-state index in [0.29, 0.717) is 19.4 Å². The quantitative estimate of drug-likeness (QED) is 0.652. The van der Waals surface area contributed by atoms with E-state index < -0.39 is 16.9 Å². The van der Waals surface area contributed by atoms with Gasteiger partial charge >= 0.3 is 11.9 Å². The zero-order valence-electron chi connectivity index (χ0n) is 17.4. The van der Waals surface area contributed by atoms with Crippen molar-refractivity contribution in [1.82, 2.24) is 0 Å². The average Bonchev–Trinajstić information content (AvgIpc) is 3.42. The van der Waals surface area contributed by atoms with Crippen molar-refractivity contribution < 1.29 is 23.8 Å². The molecule has 0 spiro atoms. The number of carbonyl (C=O) groups is 2. The minimum atomic E-state index is -0.844. The van der Waals surface area contributed by atoms with Crippen molar-refractivity contribution in [2.24, 2.45) is 11.3 Å². The maximum absolute atomic E-state index is 12.5. The molecule has 5 nitrogen and oxygen atoms in total. The van der Waals surface area contributed by atoms with E-state index in [0.717, 1.165) is 16.9 Å². The molecule has 3 rings (SSSR count). The largest absolute Gasteiger partial charge is 0.489 e. The molecule has 1 unspecified atom stereocenters. The van der Waals surface area contributed by atoms with Gasteiger partial charge in [-0.1, -0.05) is 42.5 Å². The van der Waals surface area contributed by atoms with E-state index in [1.807, 2.05) is 75.4 Å². The van der Waals surface area contributed by atoms with Crippen LogP contribution in [0.2, 0.25) is 0 Å². The zero-order chi connectivity index (χ0) is 21.1. The normalized spacial score (nSPS) is 20.6. The summed E-state index contributed by atoms with van der Waals surface area (Å²) in [7, 11) is 1.36. The number of benzene rings is 2. The van der Waals surface area contributed by atoms with Gasteiger partial charge in [-0.3, -0.25) is 9.59 Å². The molecule has 0 N–H and O–H groups in total. The highest BCUT2D eigenvalue weighted by Gasteiger charge is 2.65. The topological polar surface area (TPSA) is 61.8 Å². The number of carbonyl (C=O) groups excluding carboxylic acids is 2. The molecule has 0 aliphatic heterocycles. The molecule has 0 heterocycles. The Morgan fingerprint density at radius 2 is 1.66 bits per heavy atom. The van der Waals surface area contributed by atoms with Crippen molar-refractivity contribution in [2.45, 2.75) is 45.8 Å². The number of hydrogen-bond donors (Lipinski definition) is 0. The minimum absolute atomic E-state index is 0.342. The molecule has 0 bridgehead atoms. The number of ether oxygens (including phenoxy) is 3. The predicted molar refractivity (Wildman–Crippen MR) is 109 cm³/mol. The molecule has 0 aromatic heterocycles. The number of hydrogen-bond acceptors (Lipinski definition) is 5. The molecule has 0 amide bonds. The monoisotopic (exact) mass is 396 g/mol. The van der Waals surface area contributed by atoms with Gasteiger partial charge in [0, 0.05) is 0 Å². The van der Waals surface area contributed by atoms with Crippen LogP contribution in [-0.2, 0) is 32.1 Å². The Kier molecular flexibility index (Phi) is 5.96. The fourth-order valence-electron chi connectivity index (χ4n) is 3.49. The van der Waals surface area contributed by atoms with Crippen LogP contribution in [0.5, 0.6) is 5.75 Å². The smallest absolute Gasteiger partial charge is 0.313 e. The molecule has 2 aromatic rings. The lowest BCUT2D eigenvalue weighted by atomic mass is 9.93. The molecule has 2 atom stereocenters. The van der Waals surface area contributed by atoms with Crippen LogP contribution in [0.1, 0.15) is 38.3 Å². The van der Waals surface area contributed by atoms with Crippen LogP contribution >= 0.6 is 0 Å². The molecular formula is C24H28O5. The van der Waals surface area contributed by atoms with Gasteiger partial charge in [-0.2, -0.15) is 0 Å². The van der Waals surface area contributed by atoms with Gasteiger partial charge in [0.15, 0.2) is 0 Å². The fraction of sp³-hybridized carbons (Fsp3) is 0.417. The molecule has 1 aliphatic carbocycles. The first kappa shape index (κ1) is 20.9. The third kappa shape index (κ3) is 5.17. The van der Waals surface area contributed by atoms with Crippen molar-refractivity contribution >= 4 is 11.9 Å². The summed E-state index contributed by atoms with van der Waals surface area (Å²) in [5.74, 6) is -0.420. The third-order valence-electron chi connectivity index (χ3n) is 5.05. The first-order chi connectivity index (χ1) is 13.7. The predicted octanol–water partition coefficient (Wildman–Crippen LogP) is 4.33. The average molecular weight is 396 g/mol. The molecule has 29 heavy (non-hydrogen) atoms. The first-order valence-corrected chi connectivity index (χ1v) is 9.80. The van der Waals surface area contributed by atoms with Crippen LogP contribution in [0.25, 0.3) is 0 Å². The highest BCUT2D eigenvalue weighted by Crippen LogP contribution is 2.56.